The standard InChI is InChI=1S/C10H10O4S/c1-8(10(11)14-2)15(12,13)9-6-4-3-5-7-9/h3-7H,1H2,2H3. The molecule has 0 unspecified atom stereocenters. The topological polar surface area (TPSA) is 60.4 Å². The van der Waals surface area contributed by atoms with Crippen molar-refractivity contribution in [2.24, 2.45) is 0 Å². The van der Waals surface area contributed by atoms with Crippen LogP contribution in [0.15, 0.2) is 46.7 Å². The summed E-state index contributed by atoms with van der Waals surface area (Å²) in [6, 6.07) is 7.60. The zero-order valence-electron chi connectivity index (χ0n) is 8.14. The molecule has 0 aromatic heterocycles. The molecule has 0 saturated heterocycles. The van der Waals surface area contributed by atoms with E-state index in [1.54, 1.807) is 18.2 Å². The summed E-state index contributed by atoms with van der Waals surface area (Å²) in [5.41, 5.74) is 0. The first kappa shape index (κ1) is 11.5. The van der Waals surface area contributed by atoms with Crippen molar-refractivity contribution in [1.82, 2.24) is 0 Å². The Morgan fingerprint density at radius 1 is 1.27 bits per heavy atom. The highest BCUT2D eigenvalue weighted by atomic mass is 32.2. The van der Waals surface area contributed by atoms with Crippen LogP contribution in [0.25, 0.3) is 0 Å². The molecule has 0 fully saturated rings. The Morgan fingerprint density at radius 3 is 2.27 bits per heavy atom. The van der Waals surface area contributed by atoms with E-state index in [0.717, 1.165) is 7.11 Å². The fraction of sp³-hybridized carbons (Fsp3) is 0.100. The minimum atomic E-state index is -3.82. The highest BCUT2D eigenvalue weighted by Gasteiger charge is 2.25. The second kappa shape index (κ2) is 4.27. The van der Waals surface area contributed by atoms with E-state index in [0.29, 0.717) is 0 Å². The predicted octanol–water partition coefficient (Wildman–Crippen LogP) is 1.15. The molecule has 0 amide bonds. The van der Waals surface area contributed by atoms with E-state index in [1.165, 1.54) is 12.1 Å². The lowest BCUT2D eigenvalue weighted by atomic mass is 10.4. The van der Waals surface area contributed by atoms with Crippen LogP contribution in [0.1, 0.15) is 0 Å². The van der Waals surface area contributed by atoms with Crippen LogP contribution in [-0.2, 0) is 19.4 Å². The summed E-state index contributed by atoms with van der Waals surface area (Å²) in [5.74, 6) is -0.946. The second-order valence-electron chi connectivity index (χ2n) is 2.73. The summed E-state index contributed by atoms with van der Waals surface area (Å²) in [5, 5.41) is 0. The average molecular weight is 226 g/mol. The summed E-state index contributed by atoms with van der Waals surface area (Å²) < 4.78 is 27.8. The minimum Gasteiger partial charge on any atom is -0.465 e. The van der Waals surface area contributed by atoms with Crippen molar-refractivity contribution in [2.75, 3.05) is 7.11 Å². The van der Waals surface area contributed by atoms with Gasteiger partial charge in [-0.25, -0.2) is 13.2 Å². The quantitative estimate of drug-likeness (QED) is 0.573. The molecule has 0 saturated carbocycles. The van der Waals surface area contributed by atoms with Gasteiger partial charge in [0, 0.05) is 0 Å². The number of carbonyl (C=O) groups excluding carboxylic acids is 1. The van der Waals surface area contributed by atoms with Crippen LogP contribution in [0.4, 0.5) is 0 Å². The maximum Gasteiger partial charge on any atom is 0.349 e. The summed E-state index contributed by atoms with van der Waals surface area (Å²) in [7, 11) is -2.71. The summed E-state index contributed by atoms with van der Waals surface area (Å²) in [6.45, 7) is 3.21. The van der Waals surface area contributed by atoms with E-state index in [9.17, 15) is 13.2 Å². The van der Waals surface area contributed by atoms with Crippen LogP contribution in [0.2, 0.25) is 0 Å². The predicted molar refractivity (Wildman–Crippen MR) is 54.8 cm³/mol. The fourth-order valence-corrected chi connectivity index (χ4v) is 2.07. The summed E-state index contributed by atoms with van der Waals surface area (Å²) in [4.78, 5) is 10.5. The van der Waals surface area contributed by atoms with Gasteiger partial charge >= 0.3 is 5.97 Å². The van der Waals surface area contributed by atoms with Crippen LogP contribution in [0, 0.1) is 0 Å². The number of rotatable bonds is 3. The number of benzene rings is 1. The van der Waals surface area contributed by atoms with E-state index in [2.05, 4.69) is 11.3 Å². The first-order valence-electron chi connectivity index (χ1n) is 4.07. The molecule has 0 aliphatic rings. The van der Waals surface area contributed by atoms with E-state index >= 15 is 0 Å². The van der Waals surface area contributed by atoms with Crippen LogP contribution in [-0.4, -0.2) is 21.5 Å². The zero-order chi connectivity index (χ0) is 11.5. The highest BCUT2D eigenvalue weighted by molar-refractivity contribution is 7.96. The fourth-order valence-electron chi connectivity index (χ4n) is 0.965. The van der Waals surface area contributed by atoms with Crippen LogP contribution in [0.5, 0.6) is 0 Å². The lowest BCUT2D eigenvalue weighted by Crippen LogP contribution is -2.14. The van der Waals surface area contributed by atoms with Crippen molar-refractivity contribution < 1.29 is 17.9 Å². The Bertz CT molecular complexity index is 473. The van der Waals surface area contributed by atoms with Gasteiger partial charge in [0.2, 0.25) is 9.84 Å². The molecule has 5 heteroatoms. The second-order valence-corrected chi connectivity index (χ2v) is 4.70. The highest BCUT2D eigenvalue weighted by Crippen LogP contribution is 2.17. The summed E-state index contributed by atoms with van der Waals surface area (Å²) >= 11 is 0. The monoisotopic (exact) mass is 226 g/mol. The number of methoxy groups -OCH3 is 1. The molecule has 1 aromatic carbocycles. The van der Waals surface area contributed by atoms with Gasteiger partial charge in [-0.15, -0.1) is 0 Å². The normalized spacial score (nSPS) is 10.7. The number of esters is 1. The maximum absolute atomic E-state index is 11.7. The average Bonchev–Trinajstić information content (AvgIpc) is 2.28. The van der Waals surface area contributed by atoms with E-state index in [4.69, 9.17) is 0 Å². The number of carbonyl (C=O) groups is 1. The Balaban J connectivity index is 3.16. The summed E-state index contributed by atoms with van der Waals surface area (Å²) in [6.07, 6.45) is 0. The Hall–Kier alpha value is -1.62. The molecule has 0 aliphatic carbocycles. The Kier molecular flexibility index (Phi) is 3.26. The molecule has 0 heterocycles. The van der Waals surface area contributed by atoms with Crippen LogP contribution >= 0.6 is 0 Å². The van der Waals surface area contributed by atoms with Gasteiger partial charge < -0.3 is 4.74 Å². The number of ether oxygens (including phenoxy) is 1. The SMILES string of the molecule is C=C(C(=O)OC)S(=O)(=O)c1ccccc1. The van der Waals surface area contributed by atoms with Crippen LogP contribution < -0.4 is 0 Å². The van der Waals surface area contributed by atoms with Gasteiger partial charge in [0.15, 0.2) is 0 Å². The first-order chi connectivity index (χ1) is 7.00. The Labute approximate surface area is 88.1 Å². The molecule has 0 spiro atoms. The zero-order valence-corrected chi connectivity index (χ0v) is 8.95. The molecular weight excluding hydrogens is 216 g/mol. The van der Waals surface area contributed by atoms with Crippen molar-refractivity contribution in [2.45, 2.75) is 4.90 Å². The Morgan fingerprint density at radius 2 is 1.80 bits per heavy atom. The van der Waals surface area contributed by atoms with E-state index < -0.39 is 20.7 Å². The van der Waals surface area contributed by atoms with Crippen molar-refractivity contribution in [3.8, 4) is 0 Å². The maximum atomic E-state index is 11.7. The minimum absolute atomic E-state index is 0.0281. The van der Waals surface area contributed by atoms with Gasteiger partial charge in [-0.2, -0.15) is 0 Å². The third kappa shape index (κ3) is 2.24. The molecule has 15 heavy (non-hydrogen) atoms. The first-order valence-corrected chi connectivity index (χ1v) is 5.56. The van der Waals surface area contributed by atoms with Crippen molar-refractivity contribution in [1.29, 1.82) is 0 Å². The largest absolute Gasteiger partial charge is 0.465 e. The van der Waals surface area contributed by atoms with Gasteiger partial charge in [0.25, 0.3) is 0 Å². The smallest absolute Gasteiger partial charge is 0.349 e. The number of hydrogen-bond acceptors (Lipinski definition) is 4. The molecule has 1 aromatic rings. The van der Waals surface area contributed by atoms with Crippen molar-refractivity contribution in [3.63, 3.8) is 0 Å². The van der Waals surface area contributed by atoms with Crippen molar-refractivity contribution in [3.05, 3.63) is 41.8 Å². The van der Waals surface area contributed by atoms with Crippen LogP contribution in [0.3, 0.4) is 0 Å². The number of sulfone groups is 1. The lowest BCUT2D eigenvalue weighted by molar-refractivity contribution is -0.135. The molecule has 0 bridgehead atoms. The van der Waals surface area contributed by atoms with Gasteiger partial charge in [0.1, 0.15) is 4.91 Å². The molecule has 4 nitrogen and oxygen atoms in total. The molecule has 1 rings (SSSR count). The van der Waals surface area contributed by atoms with Gasteiger partial charge in [-0.05, 0) is 12.1 Å². The van der Waals surface area contributed by atoms with E-state index in [-0.39, 0.29) is 4.90 Å². The van der Waals surface area contributed by atoms with Gasteiger partial charge in [-0.3, -0.25) is 0 Å². The molecule has 0 atom stereocenters. The molecule has 0 radical (unpaired) electrons. The van der Waals surface area contributed by atoms with E-state index in [1.807, 2.05) is 0 Å². The third-order valence-electron chi connectivity index (χ3n) is 1.79. The van der Waals surface area contributed by atoms with Gasteiger partial charge in [-0.1, -0.05) is 24.8 Å². The lowest BCUT2D eigenvalue weighted by Gasteiger charge is -2.04. The molecule has 80 valence electrons. The van der Waals surface area contributed by atoms with Crippen molar-refractivity contribution >= 4 is 15.8 Å². The number of hydrogen-bond donors (Lipinski definition) is 0. The third-order valence-corrected chi connectivity index (χ3v) is 3.50. The molecule has 0 N–H and O–H groups in total. The molecule has 0 aliphatic heterocycles. The molecular formula is C10H10O4S. The van der Waals surface area contributed by atoms with Gasteiger partial charge in [0.05, 0.1) is 12.0 Å².